The van der Waals surface area contributed by atoms with E-state index in [1.807, 2.05) is 35.2 Å². The van der Waals surface area contributed by atoms with Crippen LogP contribution in [0.15, 0.2) is 48.5 Å². The topological polar surface area (TPSA) is 47.4 Å². The highest BCUT2D eigenvalue weighted by molar-refractivity contribution is 5.97. The molecule has 0 radical (unpaired) electrons. The van der Waals surface area contributed by atoms with E-state index in [0.29, 0.717) is 13.0 Å². The summed E-state index contributed by atoms with van der Waals surface area (Å²) in [5.41, 5.74) is 3.04. The first-order valence-corrected chi connectivity index (χ1v) is 11.6. The van der Waals surface area contributed by atoms with Crippen molar-refractivity contribution in [2.24, 2.45) is 0 Å². The Bertz CT molecular complexity index is 1030. The molecule has 3 aromatic rings. The van der Waals surface area contributed by atoms with Crippen molar-refractivity contribution in [3.8, 4) is 5.75 Å². The third kappa shape index (κ3) is 4.60. The van der Waals surface area contributed by atoms with Crippen molar-refractivity contribution in [1.82, 2.24) is 9.55 Å². The minimum Gasteiger partial charge on any atom is -0.495 e. The van der Waals surface area contributed by atoms with Crippen LogP contribution in [0, 0.1) is 0 Å². The summed E-state index contributed by atoms with van der Waals surface area (Å²) in [4.78, 5) is 19.8. The number of carbonyl (C=O) groups is 1. The van der Waals surface area contributed by atoms with Gasteiger partial charge in [-0.05, 0) is 30.7 Å². The molecule has 0 unspecified atom stereocenters. The average molecular weight is 420 g/mol. The highest BCUT2D eigenvalue weighted by Crippen LogP contribution is 2.37. The van der Waals surface area contributed by atoms with Crippen molar-refractivity contribution >= 4 is 22.6 Å². The number of fused-ring (bicyclic) bond motifs is 1. The Morgan fingerprint density at radius 3 is 2.58 bits per heavy atom. The maximum Gasteiger partial charge on any atom is 0.227 e. The Kier molecular flexibility index (Phi) is 6.90. The lowest BCUT2D eigenvalue weighted by atomic mass is 10.1. The number of methoxy groups -OCH3 is 1. The summed E-state index contributed by atoms with van der Waals surface area (Å²) in [5.74, 6) is 2.00. The molecule has 1 saturated heterocycles. The summed E-state index contributed by atoms with van der Waals surface area (Å²) in [5, 5.41) is 0. The summed E-state index contributed by atoms with van der Waals surface area (Å²) < 4.78 is 7.86. The molecule has 1 fully saturated rings. The quantitative estimate of drug-likeness (QED) is 0.383. The minimum absolute atomic E-state index is 0.0879. The molecule has 2 aromatic carbocycles. The molecule has 1 amide bonds. The van der Waals surface area contributed by atoms with Gasteiger partial charge in [0.1, 0.15) is 11.6 Å². The Morgan fingerprint density at radius 2 is 1.74 bits per heavy atom. The molecule has 4 rings (SSSR count). The molecular weight excluding hydrogens is 386 g/mol. The first-order chi connectivity index (χ1) is 15.2. The number of ether oxygens (including phenoxy) is 1. The molecule has 0 aliphatic carbocycles. The molecule has 1 aliphatic heterocycles. The third-order valence-corrected chi connectivity index (χ3v) is 6.29. The van der Waals surface area contributed by atoms with Crippen LogP contribution in [0.3, 0.4) is 0 Å². The van der Waals surface area contributed by atoms with Gasteiger partial charge < -0.3 is 14.2 Å². The van der Waals surface area contributed by atoms with E-state index in [2.05, 4.69) is 29.7 Å². The van der Waals surface area contributed by atoms with Gasteiger partial charge in [0.05, 0.1) is 23.8 Å². The van der Waals surface area contributed by atoms with E-state index in [1.54, 1.807) is 7.11 Å². The van der Waals surface area contributed by atoms with Gasteiger partial charge in [0.2, 0.25) is 5.91 Å². The largest absolute Gasteiger partial charge is 0.495 e. The number of para-hydroxylation sites is 4. The maximum absolute atomic E-state index is 12.9. The number of carbonyl (C=O) groups excluding carboxylic acids is 1. The lowest BCUT2D eigenvalue weighted by Crippen LogP contribution is -2.25. The minimum atomic E-state index is 0.0879. The molecule has 0 saturated carbocycles. The van der Waals surface area contributed by atoms with Gasteiger partial charge >= 0.3 is 0 Å². The molecule has 31 heavy (non-hydrogen) atoms. The standard InChI is InChI=1S/C26H33N3O2/c1-3-4-5-6-7-12-17-28-22-14-9-8-13-21(22)27-26(28)20-18-25(30)29(19-20)23-15-10-11-16-24(23)31-2/h8-11,13-16,20H,3-7,12,17-19H2,1-2H3/t20-/m0/s1. The van der Waals surface area contributed by atoms with Gasteiger partial charge in [0.25, 0.3) is 0 Å². The highest BCUT2D eigenvalue weighted by Gasteiger charge is 2.35. The Hall–Kier alpha value is -2.82. The van der Waals surface area contributed by atoms with Crippen molar-refractivity contribution in [3.63, 3.8) is 0 Å². The van der Waals surface area contributed by atoms with Crippen molar-refractivity contribution < 1.29 is 9.53 Å². The van der Waals surface area contributed by atoms with Crippen molar-refractivity contribution in [2.75, 3.05) is 18.6 Å². The van der Waals surface area contributed by atoms with Crippen LogP contribution in [0.5, 0.6) is 5.75 Å². The number of aromatic nitrogens is 2. The van der Waals surface area contributed by atoms with Gasteiger partial charge in [-0.15, -0.1) is 0 Å². The van der Waals surface area contributed by atoms with Gasteiger partial charge in [0, 0.05) is 25.4 Å². The van der Waals surface area contributed by atoms with E-state index < -0.39 is 0 Å². The van der Waals surface area contributed by atoms with Crippen LogP contribution < -0.4 is 9.64 Å². The van der Waals surface area contributed by atoms with Crippen LogP contribution in [0.1, 0.15) is 63.6 Å². The van der Waals surface area contributed by atoms with Crippen molar-refractivity contribution in [1.29, 1.82) is 0 Å². The Morgan fingerprint density at radius 1 is 1.00 bits per heavy atom. The second-order valence-corrected chi connectivity index (χ2v) is 8.46. The molecule has 0 N–H and O–H groups in total. The van der Waals surface area contributed by atoms with Crippen LogP contribution in [-0.4, -0.2) is 29.1 Å². The zero-order valence-corrected chi connectivity index (χ0v) is 18.7. The van der Waals surface area contributed by atoms with Crippen LogP contribution >= 0.6 is 0 Å². The van der Waals surface area contributed by atoms with Crippen molar-refractivity contribution in [3.05, 3.63) is 54.4 Å². The number of hydrogen-bond acceptors (Lipinski definition) is 3. The van der Waals surface area contributed by atoms with Crippen LogP contribution in [0.4, 0.5) is 5.69 Å². The fraction of sp³-hybridized carbons (Fsp3) is 0.462. The van der Waals surface area contributed by atoms with E-state index in [0.717, 1.165) is 35.7 Å². The summed E-state index contributed by atoms with van der Waals surface area (Å²) >= 11 is 0. The Balaban J connectivity index is 1.55. The maximum atomic E-state index is 12.9. The number of hydrogen-bond donors (Lipinski definition) is 0. The predicted octanol–water partition coefficient (Wildman–Crippen LogP) is 5.93. The molecule has 5 nitrogen and oxygen atoms in total. The van der Waals surface area contributed by atoms with Gasteiger partial charge in [-0.25, -0.2) is 4.98 Å². The van der Waals surface area contributed by atoms with Crippen LogP contribution in [0.2, 0.25) is 0 Å². The molecule has 0 spiro atoms. The zero-order chi connectivity index (χ0) is 21.6. The normalized spacial score (nSPS) is 16.4. The van der Waals surface area contributed by atoms with Crippen LogP contribution in [-0.2, 0) is 11.3 Å². The molecule has 0 bridgehead atoms. The number of imidazole rings is 1. The molecule has 1 aromatic heterocycles. The monoisotopic (exact) mass is 419 g/mol. The fourth-order valence-electron chi connectivity index (χ4n) is 4.66. The molecular formula is C26H33N3O2. The number of benzene rings is 2. The first-order valence-electron chi connectivity index (χ1n) is 11.6. The summed E-state index contributed by atoms with van der Waals surface area (Å²) in [6.45, 7) is 3.85. The predicted molar refractivity (Wildman–Crippen MR) is 126 cm³/mol. The second-order valence-electron chi connectivity index (χ2n) is 8.46. The summed E-state index contributed by atoms with van der Waals surface area (Å²) in [7, 11) is 1.65. The number of rotatable bonds is 10. The average Bonchev–Trinajstić information content (AvgIpc) is 3.36. The lowest BCUT2D eigenvalue weighted by molar-refractivity contribution is -0.117. The third-order valence-electron chi connectivity index (χ3n) is 6.29. The zero-order valence-electron chi connectivity index (χ0n) is 18.7. The van der Waals surface area contributed by atoms with Crippen LogP contribution in [0.25, 0.3) is 11.0 Å². The van der Waals surface area contributed by atoms with E-state index in [9.17, 15) is 4.79 Å². The number of amides is 1. The molecule has 5 heteroatoms. The first kappa shape index (κ1) is 21.4. The Labute approximate surface area is 185 Å². The van der Waals surface area contributed by atoms with Crippen molar-refractivity contribution in [2.45, 2.75) is 64.3 Å². The number of aryl methyl sites for hydroxylation is 1. The van der Waals surface area contributed by atoms with Gasteiger partial charge in [-0.2, -0.15) is 0 Å². The summed E-state index contributed by atoms with van der Waals surface area (Å²) in [6, 6.07) is 16.1. The number of unbranched alkanes of at least 4 members (excludes halogenated alkanes) is 5. The SMILES string of the molecule is CCCCCCCCn1c([C@H]2CC(=O)N(c3ccccc3OC)C2)nc2ccccc21. The van der Waals surface area contributed by atoms with Gasteiger partial charge in [-0.1, -0.05) is 63.3 Å². The van der Waals surface area contributed by atoms with E-state index >= 15 is 0 Å². The van der Waals surface area contributed by atoms with Gasteiger partial charge in [0.15, 0.2) is 0 Å². The number of nitrogens with zero attached hydrogens (tertiary/aromatic N) is 3. The molecule has 164 valence electrons. The molecule has 1 aliphatic rings. The molecule has 2 heterocycles. The van der Waals surface area contributed by atoms with Gasteiger partial charge in [-0.3, -0.25) is 4.79 Å². The fourth-order valence-corrected chi connectivity index (χ4v) is 4.66. The second kappa shape index (κ2) is 9.99. The molecule has 1 atom stereocenters. The van der Waals surface area contributed by atoms with E-state index in [1.165, 1.54) is 37.6 Å². The smallest absolute Gasteiger partial charge is 0.227 e. The summed E-state index contributed by atoms with van der Waals surface area (Å²) in [6.07, 6.45) is 8.07. The van der Waals surface area contributed by atoms with E-state index in [-0.39, 0.29) is 11.8 Å². The van der Waals surface area contributed by atoms with E-state index in [4.69, 9.17) is 9.72 Å². The lowest BCUT2D eigenvalue weighted by Gasteiger charge is -2.19. The number of anilines is 1. The highest BCUT2D eigenvalue weighted by atomic mass is 16.5.